The molecule has 1 aromatic carbocycles. The van der Waals surface area contributed by atoms with Crippen LogP contribution in [0.1, 0.15) is 55.9 Å². The second kappa shape index (κ2) is 8.14. The number of rotatable bonds is 6. The molecule has 7 nitrogen and oxygen atoms in total. The van der Waals surface area contributed by atoms with Crippen LogP contribution in [0.25, 0.3) is 0 Å². The average Bonchev–Trinajstić information content (AvgIpc) is 3.36. The molecular formula is C20H22ClN5O2. The normalized spacial score (nSPS) is 16.7. The van der Waals surface area contributed by atoms with E-state index in [1.54, 1.807) is 12.4 Å². The zero-order valence-electron chi connectivity index (χ0n) is 15.9. The van der Waals surface area contributed by atoms with E-state index in [-0.39, 0.29) is 12.0 Å². The first-order chi connectivity index (χ1) is 13.6. The van der Waals surface area contributed by atoms with Crippen molar-refractivity contribution in [2.45, 2.75) is 45.3 Å². The van der Waals surface area contributed by atoms with Crippen LogP contribution in [0.15, 0.2) is 41.2 Å². The molecule has 28 heavy (non-hydrogen) atoms. The summed E-state index contributed by atoms with van der Waals surface area (Å²) in [7, 11) is 0. The number of nitrogens with zero attached hydrogens (tertiary/aromatic N) is 5. The third kappa shape index (κ3) is 4.09. The summed E-state index contributed by atoms with van der Waals surface area (Å²) in [6, 6.07) is 7.60. The summed E-state index contributed by atoms with van der Waals surface area (Å²) < 4.78 is 11.2. The largest absolute Gasteiger partial charge is 0.472 e. The standard InChI is InChI=1S/C20H22ClN5O2/c1-13(2)20-24-19(25-28-20)16-7-4-8-26(16)17-10-22-11-18(23-17)27-12-14-5-3-6-15(21)9-14/h3,5-6,9-11,13,16H,4,7-8,12H2,1-2H3. The Bertz CT molecular complexity index is 946. The molecule has 1 fully saturated rings. The van der Waals surface area contributed by atoms with Gasteiger partial charge in [0.1, 0.15) is 6.61 Å². The number of benzene rings is 1. The van der Waals surface area contributed by atoms with Crippen LogP contribution in [-0.2, 0) is 6.61 Å². The summed E-state index contributed by atoms with van der Waals surface area (Å²) in [4.78, 5) is 15.7. The van der Waals surface area contributed by atoms with Gasteiger partial charge < -0.3 is 14.2 Å². The van der Waals surface area contributed by atoms with Crippen molar-refractivity contribution < 1.29 is 9.26 Å². The Labute approximate surface area is 168 Å². The van der Waals surface area contributed by atoms with Gasteiger partial charge in [-0.3, -0.25) is 4.98 Å². The minimum Gasteiger partial charge on any atom is -0.472 e. The molecule has 0 radical (unpaired) electrons. The van der Waals surface area contributed by atoms with Crippen molar-refractivity contribution in [3.63, 3.8) is 0 Å². The zero-order chi connectivity index (χ0) is 19.5. The van der Waals surface area contributed by atoms with Gasteiger partial charge >= 0.3 is 0 Å². The quantitative estimate of drug-likeness (QED) is 0.601. The molecule has 0 bridgehead atoms. The van der Waals surface area contributed by atoms with Gasteiger partial charge in [-0.1, -0.05) is 42.7 Å². The molecule has 1 saturated heterocycles. The highest BCUT2D eigenvalue weighted by Crippen LogP contribution is 2.34. The average molecular weight is 400 g/mol. The van der Waals surface area contributed by atoms with E-state index in [9.17, 15) is 0 Å². The summed E-state index contributed by atoms with van der Waals surface area (Å²) in [6.45, 7) is 5.32. The minimum absolute atomic E-state index is 0.0359. The molecule has 8 heteroatoms. The highest BCUT2D eigenvalue weighted by atomic mass is 35.5. The lowest BCUT2D eigenvalue weighted by Gasteiger charge is -2.23. The van der Waals surface area contributed by atoms with Crippen LogP contribution in [0, 0.1) is 0 Å². The Hall–Kier alpha value is -2.67. The molecule has 1 atom stereocenters. The summed E-state index contributed by atoms with van der Waals surface area (Å²) >= 11 is 6.02. The molecule has 0 saturated carbocycles. The Morgan fingerprint density at radius 3 is 2.96 bits per heavy atom. The van der Waals surface area contributed by atoms with Crippen molar-refractivity contribution in [2.75, 3.05) is 11.4 Å². The van der Waals surface area contributed by atoms with Gasteiger partial charge in [-0.25, -0.2) is 0 Å². The van der Waals surface area contributed by atoms with Gasteiger partial charge in [-0.15, -0.1) is 0 Å². The predicted molar refractivity (Wildman–Crippen MR) is 106 cm³/mol. The van der Waals surface area contributed by atoms with Crippen LogP contribution in [0.5, 0.6) is 5.88 Å². The summed E-state index contributed by atoms with van der Waals surface area (Å²) in [6.07, 6.45) is 5.34. The fraction of sp³-hybridized carbons (Fsp3) is 0.400. The fourth-order valence-corrected chi connectivity index (χ4v) is 3.47. The summed E-state index contributed by atoms with van der Waals surface area (Å²) in [5, 5.41) is 4.86. The van der Waals surface area contributed by atoms with Crippen LogP contribution >= 0.6 is 11.6 Å². The van der Waals surface area contributed by atoms with Crippen LogP contribution in [0.2, 0.25) is 5.02 Å². The number of hydrogen-bond acceptors (Lipinski definition) is 7. The summed E-state index contributed by atoms with van der Waals surface area (Å²) in [5.74, 6) is 2.79. The topological polar surface area (TPSA) is 77.2 Å². The second-order valence-corrected chi connectivity index (χ2v) is 7.57. The molecule has 0 N–H and O–H groups in total. The van der Waals surface area contributed by atoms with Crippen molar-refractivity contribution in [2.24, 2.45) is 0 Å². The molecule has 2 aromatic heterocycles. The van der Waals surface area contributed by atoms with Gasteiger partial charge in [-0.05, 0) is 30.5 Å². The molecule has 146 valence electrons. The fourth-order valence-electron chi connectivity index (χ4n) is 3.26. The molecule has 1 aliphatic heterocycles. The van der Waals surface area contributed by atoms with E-state index in [0.29, 0.717) is 29.2 Å². The van der Waals surface area contributed by atoms with Gasteiger partial charge in [0, 0.05) is 17.5 Å². The third-order valence-electron chi connectivity index (χ3n) is 4.67. The first-order valence-electron chi connectivity index (χ1n) is 9.39. The van der Waals surface area contributed by atoms with E-state index in [1.165, 1.54) is 0 Å². The van der Waals surface area contributed by atoms with Crippen LogP contribution < -0.4 is 9.64 Å². The second-order valence-electron chi connectivity index (χ2n) is 7.13. The third-order valence-corrected chi connectivity index (χ3v) is 4.91. The van der Waals surface area contributed by atoms with E-state index in [0.717, 1.165) is 30.8 Å². The Balaban J connectivity index is 1.49. The highest BCUT2D eigenvalue weighted by molar-refractivity contribution is 6.30. The number of halogens is 1. The molecule has 0 spiro atoms. The lowest BCUT2D eigenvalue weighted by molar-refractivity contribution is 0.292. The molecule has 4 rings (SSSR count). The molecule has 3 heterocycles. The number of hydrogen-bond donors (Lipinski definition) is 0. The lowest BCUT2D eigenvalue weighted by Crippen LogP contribution is -2.24. The van der Waals surface area contributed by atoms with Gasteiger partial charge in [0.15, 0.2) is 11.6 Å². The smallest absolute Gasteiger partial charge is 0.234 e. The lowest BCUT2D eigenvalue weighted by atomic mass is 10.2. The molecule has 0 aliphatic carbocycles. The van der Waals surface area contributed by atoms with Crippen molar-refractivity contribution in [1.29, 1.82) is 0 Å². The van der Waals surface area contributed by atoms with E-state index in [2.05, 4.69) is 25.0 Å². The number of ether oxygens (including phenoxy) is 1. The minimum atomic E-state index is 0.0359. The van der Waals surface area contributed by atoms with Gasteiger partial charge in [-0.2, -0.15) is 9.97 Å². The Morgan fingerprint density at radius 2 is 2.18 bits per heavy atom. The first-order valence-corrected chi connectivity index (χ1v) is 9.77. The van der Waals surface area contributed by atoms with Gasteiger partial charge in [0.05, 0.1) is 18.4 Å². The monoisotopic (exact) mass is 399 g/mol. The molecule has 3 aromatic rings. The van der Waals surface area contributed by atoms with Crippen LogP contribution in [0.4, 0.5) is 5.82 Å². The van der Waals surface area contributed by atoms with Gasteiger partial charge in [0.25, 0.3) is 0 Å². The van der Waals surface area contributed by atoms with Crippen molar-refractivity contribution in [1.82, 2.24) is 20.1 Å². The van der Waals surface area contributed by atoms with Crippen LogP contribution in [-0.4, -0.2) is 26.7 Å². The number of anilines is 1. The van der Waals surface area contributed by atoms with E-state index in [4.69, 9.17) is 20.9 Å². The van der Waals surface area contributed by atoms with Crippen molar-refractivity contribution in [3.8, 4) is 5.88 Å². The zero-order valence-corrected chi connectivity index (χ0v) is 16.6. The molecule has 1 aliphatic rings. The maximum Gasteiger partial charge on any atom is 0.234 e. The van der Waals surface area contributed by atoms with E-state index >= 15 is 0 Å². The SMILES string of the molecule is CC(C)c1nc(C2CCCN2c2cncc(OCc3cccc(Cl)c3)n2)no1. The summed E-state index contributed by atoms with van der Waals surface area (Å²) in [5.41, 5.74) is 0.978. The predicted octanol–water partition coefficient (Wildman–Crippen LogP) is 4.56. The highest BCUT2D eigenvalue weighted by Gasteiger charge is 2.31. The van der Waals surface area contributed by atoms with E-state index < -0.39 is 0 Å². The first kappa shape index (κ1) is 18.7. The Morgan fingerprint density at radius 1 is 1.29 bits per heavy atom. The van der Waals surface area contributed by atoms with E-state index in [1.807, 2.05) is 38.1 Å². The molecule has 0 amide bonds. The number of aromatic nitrogens is 4. The van der Waals surface area contributed by atoms with Crippen molar-refractivity contribution >= 4 is 17.4 Å². The van der Waals surface area contributed by atoms with Crippen molar-refractivity contribution in [3.05, 3.63) is 59.0 Å². The molecular weight excluding hydrogens is 378 g/mol. The molecule has 1 unspecified atom stereocenters. The Kier molecular flexibility index (Phi) is 5.43. The van der Waals surface area contributed by atoms with Crippen LogP contribution in [0.3, 0.4) is 0 Å². The van der Waals surface area contributed by atoms with Gasteiger partial charge in [0.2, 0.25) is 11.8 Å². The maximum absolute atomic E-state index is 6.02. The maximum atomic E-state index is 6.02.